The standard InChI is InChI=1S/C11H16O4/c1-7-5-11(6-8(7)2,9(12)14-3)10(13)15-4/h5,8H,6H2,1-4H3/i5D,6D2. The van der Waals surface area contributed by atoms with Crippen molar-refractivity contribution >= 4 is 11.9 Å². The van der Waals surface area contributed by atoms with Gasteiger partial charge in [0.2, 0.25) is 0 Å². The molecule has 0 saturated heterocycles. The molecule has 0 spiro atoms. The molecule has 0 bridgehead atoms. The summed E-state index contributed by atoms with van der Waals surface area (Å²) in [6.45, 7) is 3.05. The highest BCUT2D eigenvalue weighted by Crippen LogP contribution is 2.41. The molecule has 1 unspecified atom stereocenters. The second-order valence-corrected chi connectivity index (χ2v) is 3.41. The van der Waals surface area contributed by atoms with Gasteiger partial charge in [0, 0.05) is 2.74 Å². The Morgan fingerprint density at radius 3 is 2.27 bits per heavy atom. The van der Waals surface area contributed by atoms with E-state index in [4.69, 9.17) is 4.11 Å². The molecule has 15 heavy (non-hydrogen) atoms. The first-order valence-electron chi connectivity index (χ1n) is 6.04. The predicted molar refractivity (Wildman–Crippen MR) is 54.0 cm³/mol. The van der Waals surface area contributed by atoms with E-state index in [0.717, 1.165) is 14.2 Å². The van der Waals surface area contributed by atoms with Crippen LogP contribution >= 0.6 is 0 Å². The van der Waals surface area contributed by atoms with Crippen molar-refractivity contribution in [2.75, 3.05) is 14.2 Å². The zero-order valence-corrected chi connectivity index (χ0v) is 9.21. The molecule has 0 aromatic rings. The Bertz CT molecular complexity index is 412. The molecular formula is C11H16O4. The van der Waals surface area contributed by atoms with Crippen LogP contribution in [0.3, 0.4) is 0 Å². The third-order valence-electron chi connectivity index (χ3n) is 2.45. The number of ether oxygens (including phenoxy) is 2. The predicted octanol–water partition coefficient (Wildman–Crippen LogP) is 1.30. The van der Waals surface area contributed by atoms with Gasteiger partial charge < -0.3 is 9.47 Å². The van der Waals surface area contributed by atoms with Crippen LogP contribution in [0.1, 0.15) is 24.3 Å². The van der Waals surface area contributed by atoms with Crippen LogP contribution in [0, 0.1) is 11.3 Å². The number of carbonyl (C=O) groups excluding carboxylic acids is 2. The molecule has 1 atom stereocenters. The molecule has 84 valence electrons. The number of allylic oxidation sites excluding steroid dienone is 1. The van der Waals surface area contributed by atoms with Gasteiger partial charge in [-0.05, 0) is 19.2 Å². The van der Waals surface area contributed by atoms with Crippen LogP contribution in [0.15, 0.2) is 11.6 Å². The van der Waals surface area contributed by atoms with E-state index < -0.39 is 29.6 Å². The van der Waals surface area contributed by atoms with E-state index in [0.29, 0.717) is 5.57 Å². The summed E-state index contributed by atoms with van der Waals surface area (Å²) in [6, 6.07) is -0.376. The topological polar surface area (TPSA) is 52.6 Å². The van der Waals surface area contributed by atoms with E-state index in [9.17, 15) is 9.59 Å². The Hall–Kier alpha value is -1.32. The van der Waals surface area contributed by atoms with Gasteiger partial charge in [-0.3, -0.25) is 9.59 Å². The van der Waals surface area contributed by atoms with Crippen molar-refractivity contribution < 1.29 is 23.2 Å². The number of hydrogen-bond acceptors (Lipinski definition) is 4. The Morgan fingerprint density at radius 2 is 2.00 bits per heavy atom. The maximum atomic E-state index is 11.9. The molecule has 0 aromatic heterocycles. The molecule has 0 saturated carbocycles. The van der Waals surface area contributed by atoms with Crippen LogP contribution in [0.4, 0.5) is 0 Å². The van der Waals surface area contributed by atoms with Gasteiger partial charge >= 0.3 is 11.9 Å². The van der Waals surface area contributed by atoms with Crippen LogP contribution < -0.4 is 0 Å². The minimum Gasteiger partial charge on any atom is -0.468 e. The summed E-state index contributed by atoms with van der Waals surface area (Å²) in [7, 11) is 2.10. The van der Waals surface area contributed by atoms with Crippen LogP contribution in [-0.4, -0.2) is 26.2 Å². The molecule has 4 nitrogen and oxygen atoms in total. The van der Waals surface area contributed by atoms with E-state index in [2.05, 4.69) is 9.47 Å². The highest BCUT2D eigenvalue weighted by molar-refractivity contribution is 6.03. The van der Waals surface area contributed by atoms with Gasteiger partial charge in [-0.25, -0.2) is 0 Å². The van der Waals surface area contributed by atoms with Gasteiger partial charge in [-0.1, -0.05) is 18.5 Å². The smallest absolute Gasteiger partial charge is 0.327 e. The first kappa shape index (κ1) is 7.91. The van der Waals surface area contributed by atoms with Gasteiger partial charge in [0.15, 0.2) is 5.41 Å². The zero-order valence-electron chi connectivity index (χ0n) is 12.2. The normalized spacial score (nSPS) is 30.1. The molecule has 0 N–H and O–H groups in total. The maximum Gasteiger partial charge on any atom is 0.327 e. The highest BCUT2D eigenvalue weighted by atomic mass is 16.5. The molecule has 1 rings (SSSR count). The average Bonchev–Trinajstić information content (AvgIpc) is 2.47. The van der Waals surface area contributed by atoms with Crippen molar-refractivity contribution in [1.82, 2.24) is 0 Å². The van der Waals surface area contributed by atoms with Crippen LogP contribution in [0.5, 0.6) is 0 Å². The van der Waals surface area contributed by atoms with Gasteiger partial charge in [0.05, 0.1) is 15.6 Å². The first-order valence-corrected chi connectivity index (χ1v) is 4.54. The molecule has 0 amide bonds. The van der Waals surface area contributed by atoms with Crippen molar-refractivity contribution in [3.05, 3.63) is 11.6 Å². The summed E-state index contributed by atoms with van der Waals surface area (Å²) < 4.78 is 33.1. The maximum absolute atomic E-state index is 11.9. The SMILES string of the molecule is [2H]C1=C(C)C(C)C([2H])([2H])C1(C(=O)OC)C(=O)OC. The van der Waals surface area contributed by atoms with E-state index in [1.54, 1.807) is 0 Å². The van der Waals surface area contributed by atoms with Gasteiger partial charge in [0.1, 0.15) is 0 Å². The van der Waals surface area contributed by atoms with E-state index in [1.165, 1.54) is 13.8 Å². The van der Waals surface area contributed by atoms with Crippen molar-refractivity contribution in [3.8, 4) is 0 Å². The fraction of sp³-hybridized carbons (Fsp3) is 0.636. The Balaban J connectivity index is 3.62. The number of carbonyl (C=O) groups is 2. The number of rotatable bonds is 2. The molecule has 0 heterocycles. The summed E-state index contributed by atoms with van der Waals surface area (Å²) in [4.78, 5) is 23.9. The Morgan fingerprint density at radius 1 is 1.53 bits per heavy atom. The Labute approximate surface area is 93.5 Å². The number of hydrogen-bond donors (Lipinski definition) is 0. The summed E-state index contributed by atoms with van der Waals surface area (Å²) in [6.07, 6.45) is -2.26. The van der Waals surface area contributed by atoms with Gasteiger partial charge in [-0.2, -0.15) is 0 Å². The number of methoxy groups -OCH3 is 2. The van der Waals surface area contributed by atoms with Crippen molar-refractivity contribution in [2.24, 2.45) is 11.3 Å². The molecule has 0 fully saturated rings. The fourth-order valence-corrected chi connectivity index (χ4v) is 1.48. The summed E-state index contributed by atoms with van der Waals surface area (Å²) in [5.74, 6) is -2.95. The largest absolute Gasteiger partial charge is 0.468 e. The molecular weight excluding hydrogens is 196 g/mol. The van der Waals surface area contributed by atoms with Crippen LogP contribution in [-0.2, 0) is 19.1 Å². The van der Waals surface area contributed by atoms with Crippen LogP contribution in [0.25, 0.3) is 0 Å². The third kappa shape index (κ3) is 1.76. The summed E-state index contributed by atoms with van der Waals surface area (Å²) in [5, 5.41) is 0. The minimum atomic E-state index is -2.33. The monoisotopic (exact) mass is 215 g/mol. The molecule has 0 aliphatic heterocycles. The van der Waals surface area contributed by atoms with E-state index >= 15 is 0 Å². The lowest BCUT2D eigenvalue weighted by Gasteiger charge is -2.21. The highest BCUT2D eigenvalue weighted by Gasteiger charge is 2.50. The lowest BCUT2D eigenvalue weighted by atomic mass is 9.85. The van der Waals surface area contributed by atoms with Crippen molar-refractivity contribution in [2.45, 2.75) is 20.2 Å². The third-order valence-corrected chi connectivity index (χ3v) is 2.45. The summed E-state index contributed by atoms with van der Waals surface area (Å²) in [5.41, 5.74) is -1.99. The lowest BCUT2D eigenvalue weighted by Crippen LogP contribution is -2.38. The Kier molecular flexibility index (Phi) is 2.13. The van der Waals surface area contributed by atoms with E-state index in [-0.39, 0.29) is 6.05 Å². The molecule has 1 aliphatic carbocycles. The fourth-order valence-electron chi connectivity index (χ4n) is 1.48. The second-order valence-electron chi connectivity index (χ2n) is 3.41. The first-order chi connectivity index (χ1) is 8.19. The molecule has 1 aliphatic rings. The van der Waals surface area contributed by atoms with Crippen LogP contribution in [0.2, 0.25) is 0 Å². The lowest BCUT2D eigenvalue weighted by molar-refractivity contribution is -0.165. The quantitative estimate of drug-likeness (QED) is 0.396. The summed E-state index contributed by atoms with van der Waals surface area (Å²) >= 11 is 0. The van der Waals surface area contributed by atoms with Crippen molar-refractivity contribution in [1.29, 1.82) is 0 Å². The number of esters is 2. The van der Waals surface area contributed by atoms with Crippen molar-refractivity contribution in [3.63, 3.8) is 0 Å². The molecule has 0 radical (unpaired) electrons. The molecule has 0 aromatic carbocycles. The van der Waals surface area contributed by atoms with Gasteiger partial charge in [-0.15, -0.1) is 0 Å². The molecule has 4 heteroatoms. The van der Waals surface area contributed by atoms with Gasteiger partial charge in [0.25, 0.3) is 0 Å². The average molecular weight is 215 g/mol. The van der Waals surface area contributed by atoms with E-state index in [1.807, 2.05) is 0 Å². The minimum absolute atomic E-state index is 0.343. The zero-order chi connectivity index (χ0) is 14.3. The second kappa shape index (κ2) is 4.04.